The molecule has 0 aromatic rings. The largest absolute Gasteiger partial charge is 0.0766 e. The Hall–Kier alpha value is -0.260. The number of hydrogen-bond acceptors (Lipinski definition) is 0. The van der Waals surface area contributed by atoms with Crippen LogP contribution in [0.25, 0.3) is 0 Å². The molecule has 0 amide bonds. The summed E-state index contributed by atoms with van der Waals surface area (Å²) in [6, 6.07) is 0. The molecule has 0 bridgehead atoms. The minimum absolute atomic E-state index is 1.32. The fourth-order valence-electron chi connectivity index (χ4n) is 0.606. The number of hydrogen-bond donors (Lipinski definition) is 0. The highest BCUT2D eigenvalue weighted by Crippen LogP contribution is 2.22. The lowest BCUT2D eigenvalue weighted by Crippen LogP contribution is -1.66. The van der Waals surface area contributed by atoms with Crippen molar-refractivity contribution >= 4 is 0 Å². The Morgan fingerprint density at radius 3 is 2.71 bits per heavy atom. The van der Waals surface area contributed by atoms with Gasteiger partial charge in [-0.15, -0.1) is 0 Å². The zero-order chi connectivity index (χ0) is 5.11. The SMILES string of the molecule is CCCCC1=C[CH]1. The van der Waals surface area contributed by atoms with Gasteiger partial charge in [0.1, 0.15) is 0 Å². The highest BCUT2D eigenvalue weighted by atomic mass is 14.1. The van der Waals surface area contributed by atoms with E-state index in [1.54, 1.807) is 5.57 Å². The van der Waals surface area contributed by atoms with E-state index in [0.29, 0.717) is 0 Å². The molecule has 0 aliphatic heterocycles. The molecule has 1 rings (SSSR count). The van der Waals surface area contributed by atoms with E-state index in [4.69, 9.17) is 0 Å². The van der Waals surface area contributed by atoms with Crippen molar-refractivity contribution in [1.29, 1.82) is 0 Å². The van der Waals surface area contributed by atoms with E-state index in [9.17, 15) is 0 Å². The summed E-state index contributed by atoms with van der Waals surface area (Å²) in [6.07, 6.45) is 8.38. The molecular weight excluding hydrogens is 84.1 g/mol. The van der Waals surface area contributed by atoms with Gasteiger partial charge in [-0.1, -0.05) is 25.0 Å². The van der Waals surface area contributed by atoms with Gasteiger partial charge in [-0.3, -0.25) is 0 Å². The van der Waals surface area contributed by atoms with E-state index in [2.05, 4.69) is 19.4 Å². The van der Waals surface area contributed by atoms with Crippen LogP contribution in [0, 0.1) is 6.42 Å². The van der Waals surface area contributed by atoms with Gasteiger partial charge in [0.25, 0.3) is 0 Å². The Labute approximate surface area is 45.2 Å². The van der Waals surface area contributed by atoms with Gasteiger partial charge in [-0.25, -0.2) is 0 Å². The molecule has 39 valence electrons. The van der Waals surface area contributed by atoms with Crippen LogP contribution in [0.1, 0.15) is 26.2 Å². The van der Waals surface area contributed by atoms with Crippen LogP contribution in [0.5, 0.6) is 0 Å². The van der Waals surface area contributed by atoms with E-state index >= 15 is 0 Å². The van der Waals surface area contributed by atoms with E-state index < -0.39 is 0 Å². The molecule has 0 aromatic heterocycles. The van der Waals surface area contributed by atoms with E-state index in [0.717, 1.165) is 0 Å². The van der Waals surface area contributed by atoms with Gasteiger partial charge < -0.3 is 0 Å². The lowest BCUT2D eigenvalue weighted by atomic mass is 10.2. The lowest BCUT2D eigenvalue weighted by Gasteiger charge is -1.85. The Balaban J connectivity index is 1.89. The molecule has 0 unspecified atom stereocenters. The van der Waals surface area contributed by atoms with Crippen molar-refractivity contribution in [3.63, 3.8) is 0 Å². The molecule has 1 aliphatic rings. The first-order chi connectivity index (χ1) is 3.43. The first kappa shape index (κ1) is 4.89. The summed E-state index contributed by atoms with van der Waals surface area (Å²) in [4.78, 5) is 0. The van der Waals surface area contributed by atoms with Gasteiger partial charge in [0.05, 0.1) is 0 Å². The molecule has 0 saturated carbocycles. The van der Waals surface area contributed by atoms with Crippen LogP contribution in [-0.2, 0) is 0 Å². The summed E-state index contributed by atoms with van der Waals surface area (Å²) in [5.41, 5.74) is 1.56. The standard InChI is InChI=1S/C7H11/c1-2-3-4-7-5-6-7/h5-6H,2-4H2,1H3. The average molecular weight is 95.2 g/mol. The third-order valence-electron chi connectivity index (χ3n) is 1.22. The molecule has 0 atom stereocenters. The molecule has 0 N–H and O–H groups in total. The number of unbranched alkanes of at least 4 members (excludes halogenated alkanes) is 1. The normalized spacial score (nSPS) is 16.4. The fourth-order valence-corrected chi connectivity index (χ4v) is 0.606. The number of rotatable bonds is 3. The first-order valence-electron chi connectivity index (χ1n) is 2.97. The van der Waals surface area contributed by atoms with Crippen LogP contribution in [0.4, 0.5) is 0 Å². The summed E-state index contributed by atoms with van der Waals surface area (Å²) in [5.74, 6) is 0. The van der Waals surface area contributed by atoms with Crippen molar-refractivity contribution < 1.29 is 0 Å². The minimum Gasteiger partial charge on any atom is -0.0766 e. The molecule has 0 nitrogen and oxygen atoms in total. The van der Waals surface area contributed by atoms with Crippen molar-refractivity contribution in [2.75, 3.05) is 0 Å². The predicted octanol–water partition coefficient (Wildman–Crippen LogP) is 2.32. The smallest absolute Gasteiger partial charge is 0.00802 e. The maximum absolute atomic E-state index is 2.23. The van der Waals surface area contributed by atoms with Gasteiger partial charge in [0.2, 0.25) is 0 Å². The first-order valence-corrected chi connectivity index (χ1v) is 2.97. The third-order valence-corrected chi connectivity index (χ3v) is 1.22. The second kappa shape index (κ2) is 2.15. The average Bonchev–Trinajstić information content (AvgIpc) is 2.42. The fraction of sp³-hybridized carbons (Fsp3) is 0.571. The number of allylic oxidation sites excluding steroid dienone is 2. The molecule has 1 aliphatic carbocycles. The molecule has 0 heterocycles. The van der Waals surface area contributed by atoms with Crippen LogP contribution >= 0.6 is 0 Å². The second-order valence-electron chi connectivity index (χ2n) is 2.01. The maximum Gasteiger partial charge on any atom is 0.00802 e. The zero-order valence-corrected chi connectivity index (χ0v) is 4.78. The van der Waals surface area contributed by atoms with Crippen molar-refractivity contribution in [3.05, 3.63) is 18.1 Å². The summed E-state index contributed by atoms with van der Waals surface area (Å²) in [6.45, 7) is 2.23. The molecular formula is C7H11. The molecule has 0 aromatic carbocycles. The van der Waals surface area contributed by atoms with Crippen LogP contribution in [-0.4, -0.2) is 0 Å². The van der Waals surface area contributed by atoms with Crippen molar-refractivity contribution in [2.45, 2.75) is 26.2 Å². The topological polar surface area (TPSA) is 0 Å². The molecule has 0 spiro atoms. The summed E-state index contributed by atoms with van der Waals surface area (Å²) in [5, 5.41) is 0. The Bertz CT molecular complexity index is 80.0. The Kier molecular flexibility index (Phi) is 1.50. The molecule has 0 heteroatoms. The second-order valence-corrected chi connectivity index (χ2v) is 2.01. The van der Waals surface area contributed by atoms with Crippen LogP contribution in [0.2, 0.25) is 0 Å². The van der Waals surface area contributed by atoms with Crippen molar-refractivity contribution in [2.24, 2.45) is 0 Å². The lowest BCUT2D eigenvalue weighted by molar-refractivity contribution is 0.806. The van der Waals surface area contributed by atoms with E-state index in [1.807, 2.05) is 0 Å². The minimum atomic E-state index is 1.32. The van der Waals surface area contributed by atoms with Crippen LogP contribution < -0.4 is 0 Å². The highest BCUT2D eigenvalue weighted by Gasteiger charge is 2.04. The summed E-state index contributed by atoms with van der Waals surface area (Å²) >= 11 is 0. The highest BCUT2D eigenvalue weighted by molar-refractivity contribution is 5.38. The quantitative estimate of drug-likeness (QED) is 0.504. The van der Waals surface area contributed by atoms with Gasteiger partial charge in [-0.2, -0.15) is 0 Å². The summed E-state index contributed by atoms with van der Waals surface area (Å²) < 4.78 is 0. The van der Waals surface area contributed by atoms with Crippen LogP contribution in [0.15, 0.2) is 11.6 Å². The predicted molar refractivity (Wildman–Crippen MR) is 31.9 cm³/mol. The van der Waals surface area contributed by atoms with Gasteiger partial charge >= 0.3 is 0 Å². The van der Waals surface area contributed by atoms with E-state index in [1.165, 1.54) is 19.3 Å². The van der Waals surface area contributed by atoms with Crippen LogP contribution in [0.3, 0.4) is 0 Å². The molecule has 0 fully saturated rings. The summed E-state index contributed by atoms with van der Waals surface area (Å²) in [7, 11) is 0. The van der Waals surface area contributed by atoms with Gasteiger partial charge in [0.15, 0.2) is 0 Å². The molecule has 7 heavy (non-hydrogen) atoms. The maximum atomic E-state index is 2.23. The monoisotopic (exact) mass is 95.1 g/mol. The molecule has 0 saturated heterocycles. The van der Waals surface area contributed by atoms with Crippen molar-refractivity contribution in [1.82, 2.24) is 0 Å². The van der Waals surface area contributed by atoms with Gasteiger partial charge in [0, 0.05) is 6.42 Å². The zero-order valence-electron chi connectivity index (χ0n) is 4.78. The molecule has 1 radical (unpaired) electrons. The van der Waals surface area contributed by atoms with Crippen molar-refractivity contribution in [3.8, 4) is 0 Å². The third kappa shape index (κ3) is 1.77. The van der Waals surface area contributed by atoms with Gasteiger partial charge in [-0.05, 0) is 12.8 Å². The Morgan fingerprint density at radius 1 is 1.57 bits per heavy atom. The van der Waals surface area contributed by atoms with E-state index in [-0.39, 0.29) is 0 Å². The Morgan fingerprint density at radius 2 is 2.29 bits per heavy atom.